The summed E-state index contributed by atoms with van der Waals surface area (Å²) in [5.41, 5.74) is 1.21. The number of aryl methyl sites for hydroxylation is 1. The van der Waals surface area contributed by atoms with Gasteiger partial charge in [0.25, 0.3) is 0 Å². The molecule has 0 aliphatic heterocycles. The van der Waals surface area contributed by atoms with E-state index < -0.39 is 39.5 Å². The van der Waals surface area contributed by atoms with Gasteiger partial charge >= 0.3 is 0 Å². The Kier molecular flexibility index (Phi) is 4.96. The molecule has 0 aromatic heterocycles. The second-order valence-electron chi connectivity index (χ2n) is 4.67. The highest BCUT2D eigenvalue weighted by Gasteiger charge is 2.19. The fourth-order valence-electron chi connectivity index (χ4n) is 1.98. The summed E-state index contributed by atoms with van der Waals surface area (Å²) in [6, 6.07) is 10.6. The van der Waals surface area contributed by atoms with Crippen LogP contribution in [0.1, 0.15) is 21.5 Å². The van der Waals surface area contributed by atoms with Crippen LogP contribution in [0.25, 0.3) is 0 Å². The molecule has 2 aromatic rings. The highest BCUT2D eigenvalue weighted by Crippen LogP contribution is 2.15. The van der Waals surface area contributed by atoms with Crippen molar-refractivity contribution in [1.82, 2.24) is 0 Å². The minimum atomic E-state index is -1.51. The van der Waals surface area contributed by atoms with Crippen molar-refractivity contribution in [3.05, 3.63) is 70.8 Å². The summed E-state index contributed by atoms with van der Waals surface area (Å²) in [4.78, 5) is 11.9. The minimum Gasteiger partial charge on any atom is -0.293 e. The predicted octanol–water partition coefficient (Wildman–Crippen LogP) is 3.40. The Bertz CT molecular complexity index is 678. The fraction of sp³-hybridized carbons (Fsp3) is 0.188. The number of carbonyl (C=O) groups excluding carboxylic acids is 1. The van der Waals surface area contributed by atoms with E-state index in [1.165, 1.54) is 6.07 Å². The molecule has 0 spiro atoms. The van der Waals surface area contributed by atoms with Crippen LogP contribution in [0.4, 0.5) is 8.78 Å². The molecular formula is C16H14F2O2S. The van der Waals surface area contributed by atoms with Crippen molar-refractivity contribution < 1.29 is 17.8 Å². The van der Waals surface area contributed by atoms with Crippen LogP contribution >= 0.6 is 0 Å². The third-order valence-electron chi connectivity index (χ3n) is 3.11. The van der Waals surface area contributed by atoms with E-state index in [0.717, 1.165) is 23.3 Å². The summed E-state index contributed by atoms with van der Waals surface area (Å²) in [5, 5.41) is 0. The average molecular weight is 308 g/mol. The van der Waals surface area contributed by atoms with Gasteiger partial charge in [0.15, 0.2) is 5.78 Å². The first-order valence-electron chi connectivity index (χ1n) is 6.35. The molecule has 110 valence electrons. The number of ketones is 1. The summed E-state index contributed by atoms with van der Waals surface area (Å²) < 4.78 is 39.0. The molecule has 21 heavy (non-hydrogen) atoms. The number of hydrogen-bond donors (Lipinski definition) is 0. The first-order chi connectivity index (χ1) is 9.99. The molecule has 0 heterocycles. The van der Waals surface area contributed by atoms with Crippen molar-refractivity contribution in [3.8, 4) is 0 Å². The van der Waals surface area contributed by atoms with Crippen LogP contribution in [0.2, 0.25) is 0 Å². The van der Waals surface area contributed by atoms with Crippen LogP contribution in [0, 0.1) is 18.6 Å². The van der Waals surface area contributed by atoms with Crippen molar-refractivity contribution in [3.63, 3.8) is 0 Å². The Morgan fingerprint density at radius 2 is 1.67 bits per heavy atom. The van der Waals surface area contributed by atoms with Gasteiger partial charge in [-0.05, 0) is 30.2 Å². The first-order valence-corrected chi connectivity index (χ1v) is 7.84. The lowest BCUT2D eigenvalue weighted by molar-refractivity contribution is 0.101. The highest BCUT2D eigenvalue weighted by molar-refractivity contribution is 7.85. The van der Waals surface area contributed by atoms with Gasteiger partial charge in [-0.1, -0.05) is 30.3 Å². The molecule has 2 rings (SSSR count). The van der Waals surface area contributed by atoms with Gasteiger partial charge in [0.1, 0.15) is 11.6 Å². The summed E-state index contributed by atoms with van der Waals surface area (Å²) >= 11 is 0. The molecule has 0 saturated carbocycles. The van der Waals surface area contributed by atoms with Crippen LogP contribution in [0.15, 0.2) is 42.5 Å². The second kappa shape index (κ2) is 6.72. The number of halogens is 2. The maximum absolute atomic E-state index is 13.5. The maximum atomic E-state index is 13.5. The van der Waals surface area contributed by atoms with E-state index in [1.807, 2.05) is 31.2 Å². The zero-order valence-corrected chi connectivity index (χ0v) is 12.3. The Labute approximate surface area is 124 Å². The monoisotopic (exact) mass is 308 g/mol. The number of rotatable bonds is 5. The number of Topliss-reactive ketones (excluding diaryl/α,β-unsaturated/α-hetero) is 1. The van der Waals surface area contributed by atoms with Crippen LogP contribution in [0.5, 0.6) is 0 Å². The molecule has 2 nitrogen and oxygen atoms in total. The van der Waals surface area contributed by atoms with Gasteiger partial charge in [0, 0.05) is 16.6 Å². The van der Waals surface area contributed by atoms with E-state index in [2.05, 4.69) is 0 Å². The largest absolute Gasteiger partial charge is 0.293 e. The van der Waals surface area contributed by atoms with Crippen LogP contribution < -0.4 is 0 Å². The van der Waals surface area contributed by atoms with Crippen LogP contribution in [-0.4, -0.2) is 15.7 Å². The highest BCUT2D eigenvalue weighted by atomic mass is 32.2. The van der Waals surface area contributed by atoms with Crippen molar-refractivity contribution in [2.24, 2.45) is 0 Å². The van der Waals surface area contributed by atoms with Gasteiger partial charge in [0.2, 0.25) is 0 Å². The normalized spacial score (nSPS) is 12.1. The molecular weight excluding hydrogens is 294 g/mol. The van der Waals surface area contributed by atoms with Gasteiger partial charge < -0.3 is 0 Å². The topological polar surface area (TPSA) is 34.1 Å². The zero-order valence-electron chi connectivity index (χ0n) is 11.4. The molecule has 0 N–H and O–H groups in total. The molecule has 5 heteroatoms. The van der Waals surface area contributed by atoms with E-state index in [-0.39, 0.29) is 5.75 Å². The number of carbonyl (C=O) groups is 1. The third-order valence-corrected chi connectivity index (χ3v) is 4.33. The fourth-order valence-corrected chi connectivity index (χ4v) is 3.19. The summed E-state index contributed by atoms with van der Waals surface area (Å²) in [6.45, 7) is 1.88. The van der Waals surface area contributed by atoms with E-state index in [4.69, 9.17) is 0 Å². The van der Waals surface area contributed by atoms with E-state index in [9.17, 15) is 17.8 Å². The van der Waals surface area contributed by atoms with Crippen molar-refractivity contribution in [2.75, 3.05) is 5.75 Å². The molecule has 2 aromatic carbocycles. The standard InChI is InChI=1S/C16H14F2O2S/c1-11-5-2-3-6-12(11)9-21(20)10-15(19)16-13(17)7-4-8-14(16)18/h2-8H,9-10H2,1H3. The Morgan fingerprint density at radius 3 is 2.29 bits per heavy atom. The summed E-state index contributed by atoms with van der Waals surface area (Å²) in [7, 11) is -1.51. The van der Waals surface area contributed by atoms with Gasteiger partial charge in [-0.15, -0.1) is 0 Å². The van der Waals surface area contributed by atoms with Gasteiger partial charge in [-0.3, -0.25) is 9.00 Å². The Hall–Kier alpha value is -1.88. The summed E-state index contributed by atoms with van der Waals surface area (Å²) in [6.07, 6.45) is 0. The quantitative estimate of drug-likeness (QED) is 0.793. The Balaban J connectivity index is 2.10. The maximum Gasteiger partial charge on any atom is 0.181 e. The number of hydrogen-bond acceptors (Lipinski definition) is 2. The van der Waals surface area contributed by atoms with E-state index in [1.54, 1.807) is 0 Å². The van der Waals surface area contributed by atoms with Crippen molar-refractivity contribution in [2.45, 2.75) is 12.7 Å². The lowest BCUT2D eigenvalue weighted by Gasteiger charge is -2.06. The molecule has 0 fully saturated rings. The van der Waals surface area contributed by atoms with E-state index in [0.29, 0.717) is 0 Å². The van der Waals surface area contributed by atoms with Gasteiger partial charge in [0.05, 0.1) is 11.3 Å². The molecule has 0 amide bonds. The Morgan fingerprint density at radius 1 is 1.05 bits per heavy atom. The smallest absolute Gasteiger partial charge is 0.181 e. The lowest BCUT2D eigenvalue weighted by Crippen LogP contribution is -2.15. The molecule has 1 unspecified atom stereocenters. The van der Waals surface area contributed by atoms with Crippen molar-refractivity contribution >= 4 is 16.6 Å². The zero-order chi connectivity index (χ0) is 15.4. The molecule has 0 bridgehead atoms. The van der Waals surface area contributed by atoms with E-state index >= 15 is 0 Å². The van der Waals surface area contributed by atoms with Crippen molar-refractivity contribution in [1.29, 1.82) is 0 Å². The molecule has 0 saturated heterocycles. The van der Waals surface area contributed by atoms with Crippen LogP contribution in [0.3, 0.4) is 0 Å². The SMILES string of the molecule is Cc1ccccc1CS(=O)CC(=O)c1c(F)cccc1F. The molecule has 0 aliphatic carbocycles. The first kappa shape index (κ1) is 15.5. The average Bonchev–Trinajstić information content (AvgIpc) is 2.41. The predicted molar refractivity (Wildman–Crippen MR) is 78.6 cm³/mol. The van der Waals surface area contributed by atoms with Gasteiger partial charge in [-0.25, -0.2) is 8.78 Å². The molecule has 0 radical (unpaired) electrons. The lowest BCUT2D eigenvalue weighted by atomic mass is 10.1. The minimum absolute atomic E-state index is 0.189. The van der Waals surface area contributed by atoms with Crippen LogP contribution in [-0.2, 0) is 16.6 Å². The van der Waals surface area contributed by atoms with Gasteiger partial charge in [-0.2, -0.15) is 0 Å². The molecule has 0 aliphatic rings. The third kappa shape index (κ3) is 3.82. The summed E-state index contributed by atoms with van der Waals surface area (Å²) in [5.74, 6) is -2.83. The second-order valence-corrected chi connectivity index (χ2v) is 6.13. The molecule has 1 atom stereocenters. The number of benzene rings is 2.